The van der Waals surface area contributed by atoms with E-state index in [4.69, 9.17) is 0 Å². The van der Waals surface area contributed by atoms with Crippen molar-refractivity contribution in [3.8, 4) is 0 Å². The van der Waals surface area contributed by atoms with Crippen LogP contribution in [0.2, 0.25) is 0 Å². The van der Waals surface area contributed by atoms with Crippen LogP contribution in [0, 0.1) is 0 Å². The van der Waals surface area contributed by atoms with Gasteiger partial charge in [-0.25, -0.2) is 8.42 Å². The van der Waals surface area contributed by atoms with Crippen molar-refractivity contribution in [1.29, 1.82) is 0 Å². The molecule has 0 unspecified atom stereocenters. The minimum atomic E-state index is -3.97. The molecule has 1 amide bonds. The van der Waals surface area contributed by atoms with Gasteiger partial charge in [-0.1, -0.05) is 37.6 Å². The van der Waals surface area contributed by atoms with E-state index in [0.29, 0.717) is 17.7 Å². The van der Waals surface area contributed by atoms with Gasteiger partial charge in [0.05, 0.1) is 17.1 Å². The largest absolute Gasteiger partial charge is 0.360 e. The van der Waals surface area contributed by atoms with Crippen LogP contribution < -0.4 is 15.1 Å². The third-order valence-corrected chi connectivity index (χ3v) is 6.63. The van der Waals surface area contributed by atoms with E-state index < -0.39 is 21.4 Å². The maximum atomic E-state index is 13.4. The molecule has 0 saturated heterocycles. The molecule has 2 aromatic carbocycles. The highest BCUT2D eigenvalue weighted by atomic mass is 32.2. The van der Waals surface area contributed by atoms with Gasteiger partial charge in [0.2, 0.25) is 5.43 Å². The molecule has 162 valence electrons. The third-order valence-electron chi connectivity index (χ3n) is 4.84. The first-order valence-corrected chi connectivity index (χ1v) is 11.5. The van der Waals surface area contributed by atoms with E-state index >= 15 is 0 Å². The molecule has 7 nitrogen and oxygen atoms in total. The fraction of sp³-hybridized carbons (Fsp3) is 0.217. The fourth-order valence-corrected chi connectivity index (χ4v) is 4.64. The molecule has 0 aliphatic rings. The Labute approximate surface area is 181 Å². The Balaban J connectivity index is 2.06. The Bertz CT molecular complexity index is 1250. The van der Waals surface area contributed by atoms with Gasteiger partial charge in [-0.15, -0.1) is 6.58 Å². The lowest BCUT2D eigenvalue weighted by molar-refractivity contribution is 0.0952. The van der Waals surface area contributed by atoms with Gasteiger partial charge in [0.15, 0.2) is 0 Å². The number of carbonyl (C=O) groups excluding carboxylic acids is 1. The van der Waals surface area contributed by atoms with Crippen LogP contribution in [-0.4, -0.2) is 32.4 Å². The topological polar surface area (TPSA) is 99.3 Å². The summed E-state index contributed by atoms with van der Waals surface area (Å²) in [7, 11) is -3.97. The van der Waals surface area contributed by atoms with E-state index in [1.165, 1.54) is 34.8 Å². The zero-order chi connectivity index (χ0) is 22.4. The zero-order valence-electron chi connectivity index (χ0n) is 17.3. The lowest BCUT2D eigenvalue weighted by Gasteiger charge is -2.23. The molecule has 1 aromatic heterocycles. The van der Waals surface area contributed by atoms with E-state index in [2.05, 4.69) is 16.9 Å². The summed E-state index contributed by atoms with van der Waals surface area (Å²) < 4.78 is 27.9. The normalized spacial score (nSPS) is 11.3. The van der Waals surface area contributed by atoms with E-state index in [0.717, 1.165) is 12.8 Å². The average molecular weight is 440 g/mol. The van der Waals surface area contributed by atoms with Gasteiger partial charge in [0.25, 0.3) is 15.9 Å². The number of rotatable bonds is 9. The van der Waals surface area contributed by atoms with Gasteiger partial charge < -0.3 is 10.3 Å². The lowest BCUT2D eigenvalue weighted by atomic mass is 10.1. The van der Waals surface area contributed by atoms with Crippen LogP contribution in [0.4, 0.5) is 5.69 Å². The molecule has 31 heavy (non-hydrogen) atoms. The van der Waals surface area contributed by atoms with E-state index in [-0.39, 0.29) is 22.4 Å². The maximum Gasteiger partial charge on any atom is 0.264 e. The maximum absolute atomic E-state index is 13.4. The lowest BCUT2D eigenvalue weighted by Crippen LogP contribution is -2.31. The summed E-state index contributed by atoms with van der Waals surface area (Å²) in [5.41, 5.74) is 0.364. The van der Waals surface area contributed by atoms with Crippen LogP contribution in [0.25, 0.3) is 10.9 Å². The quantitative estimate of drug-likeness (QED) is 0.394. The number of hydrogen-bond acceptors (Lipinski definition) is 4. The van der Waals surface area contributed by atoms with Crippen molar-refractivity contribution in [3.63, 3.8) is 0 Å². The molecule has 0 fully saturated rings. The number of aromatic nitrogens is 1. The molecule has 1 heterocycles. The predicted molar refractivity (Wildman–Crippen MR) is 123 cm³/mol. The number of para-hydroxylation sites is 1. The minimum absolute atomic E-state index is 0.0419. The van der Waals surface area contributed by atoms with Crippen molar-refractivity contribution in [1.82, 2.24) is 10.3 Å². The standard InChI is InChI=1S/C23H25N3O4S/c1-3-5-13-24-23(28)20-16-25-21-12-11-18(15-19(21)22(20)27)31(29,30)26(14-4-2)17-9-7-6-8-10-17/h4,6-12,15-16H,2-3,5,13-14H2,1H3,(H,24,28)(H,25,27). The van der Waals surface area contributed by atoms with Crippen LogP contribution in [0.3, 0.4) is 0 Å². The van der Waals surface area contributed by atoms with E-state index in [1.54, 1.807) is 30.3 Å². The highest BCUT2D eigenvalue weighted by molar-refractivity contribution is 7.92. The van der Waals surface area contributed by atoms with Gasteiger partial charge in [-0.3, -0.25) is 13.9 Å². The van der Waals surface area contributed by atoms with Gasteiger partial charge >= 0.3 is 0 Å². The van der Waals surface area contributed by atoms with Crippen molar-refractivity contribution in [2.75, 3.05) is 17.4 Å². The predicted octanol–water partition coefficient (Wildman–Crippen LogP) is 3.44. The van der Waals surface area contributed by atoms with Crippen molar-refractivity contribution >= 4 is 32.5 Å². The number of benzene rings is 2. The molecule has 2 N–H and O–H groups in total. The monoisotopic (exact) mass is 439 g/mol. The summed E-state index contributed by atoms with van der Waals surface area (Å²) in [6.07, 6.45) is 4.57. The number of fused-ring (bicyclic) bond motifs is 1. The Hall–Kier alpha value is -3.39. The summed E-state index contributed by atoms with van der Waals surface area (Å²) in [5, 5.41) is 2.85. The number of unbranched alkanes of at least 4 members (excludes halogenated alkanes) is 1. The molecule has 0 aliphatic heterocycles. The molecule has 0 aliphatic carbocycles. The summed E-state index contributed by atoms with van der Waals surface area (Å²) in [6.45, 7) is 6.19. The third kappa shape index (κ3) is 4.69. The number of pyridine rings is 1. The van der Waals surface area contributed by atoms with Crippen LogP contribution in [0.15, 0.2) is 77.1 Å². The van der Waals surface area contributed by atoms with Crippen LogP contribution >= 0.6 is 0 Å². The molecular weight excluding hydrogens is 414 g/mol. The second kappa shape index (κ2) is 9.61. The van der Waals surface area contributed by atoms with E-state index in [1.807, 2.05) is 6.92 Å². The number of amides is 1. The number of H-pyrrole nitrogens is 1. The fourth-order valence-electron chi connectivity index (χ4n) is 3.18. The SMILES string of the molecule is C=CCN(c1ccccc1)S(=O)(=O)c1ccc2[nH]cc(C(=O)NCCCC)c(=O)c2c1. The first-order valence-electron chi connectivity index (χ1n) is 10.0. The molecule has 0 radical (unpaired) electrons. The van der Waals surface area contributed by atoms with Crippen molar-refractivity contribution in [2.24, 2.45) is 0 Å². The van der Waals surface area contributed by atoms with Crippen molar-refractivity contribution in [3.05, 3.63) is 83.2 Å². The van der Waals surface area contributed by atoms with Crippen molar-refractivity contribution < 1.29 is 13.2 Å². The van der Waals surface area contributed by atoms with Gasteiger partial charge in [-0.05, 0) is 36.8 Å². The average Bonchev–Trinajstić information content (AvgIpc) is 2.78. The molecule has 0 spiro atoms. The number of carbonyl (C=O) groups is 1. The van der Waals surface area contributed by atoms with Gasteiger partial charge in [0.1, 0.15) is 5.56 Å². The van der Waals surface area contributed by atoms with Crippen LogP contribution in [0.5, 0.6) is 0 Å². The second-order valence-electron chi connectivity index (χ2n) is 7.01. The molecule has 3 aromatic rings. The van der Waals surface area contributed by atoms with Crippen LogP contribution in [0.1, 0.15) is 30.1 Å². The first kappa shape index (κ1) is 22.3. The Morgan fingerprint density at radius 3 is 2.61 bits per heavy atom. The van der Waals surface area contributed by atoms with Crippen LogP contribution in [-0.2, 0) is 10.0 Å². The molecule has 0 saturated carbocycles. The highest BCUT2D eigenvalue weighted by Gasteiger charge is 2.25. The number of nitrogens with one attached hydrogen (secondary N) is 2. The zero-order valence-corrected chi connectivity index (χ0v) is 18.1. The number of anilines is 1. The molecule has 0 atom stereocenters. The number of nitrogens with zero attached hydrogens (tertiary/aromatic N) is 1. The Kier molecular flexibility index (Phi) is 6.91. The molecular formula is C23H25N3O4S. The summed E-state index contributed by atoms with van der Waals surface area (Å²) in [6, 6.07) is 12.9. The highest BCUT2D eigenvalue weighted by Crippen LogP contribution is 2.25. The van der Waals surface area contributed by atoms with Crippen molar-refractivity contribution in [2.45, 2.75) is 24.7 Å². The molecule has 3 rings (SSSR count). The van der Waals surface area contributed by atoms with E-state index in [9.17, 15) is 18.0 Å². The smallest absolute Gasteiger partial charge is 0.264 e. The Morgan fingerprint density at radius 2 is 1.94 bits per heavy atom. The van der Waals surface area contributed by atoms with Gasteiger partial charge in [0, 0.05) is 23.6 Å². The summed E-state index contributed by atoms with van der Waals surface area (Å²) in [5.74, 6) is -0.484. The second-order valence-corrected chi connectivity index (χ2v) is 8.87. The minimum Gasteiger partial charge on any atom is -0.360 e. The number of aromatic amines is 1. The molecule has 0 bridgehead atoms. The molecule has 8 heteroatoms. The summed E-state index contributed by atoms with van der Waals surface area (Å²) >= 11 is 0. The number of sulfonamides is 1. The Morgan fingerprint density at radius 1 is 1.19 bits per heavy atom. The first-order chi connectivity index (χ1) is 14.9. The van der Waals surface area contributed by atoms with Gasteiger partial charge in [-0.2, -0.15) is 0 Å². The summed E-state index contributed by atoms with van der Waals surface area (Å²) in [4.78, 5) is 28.2. The number of hydrogen-bond donors (Lipinski definition) is 2.